The number of anilines is 3. The molecule has 0 atom stereocenters. The van der Waals surface area contributed by atoms with Crippen LogP contribution in [0.15, 0.2) is 114 Å². The molecule has 0 saturated heterocycles. The van der Waals surface area contributed by atoms with Gasteiger partial charge < -0.3 is 23.5 Å². The van der Waals surface area contributed by atoms with E-state index < -0.39 is 0 Å². The minimum absolute atomic E-state index is 0. The third-order valence-corrected chi connectivity index (χ3v) is 9.58. The molecule has 9 rings (SSSR count). The predicted octanol–water partition coefficient (Wildman–Crippen LogP) is 11.6. The summed E-state index contributed by atoms with van der Waals surface area (Å²) >= 11 is 0. The standard InChI is InChI=1S/C44H37N4O2.Pt/c1-43(2,3)28-22-23-45-40(24-28)48-36-20-21-39-42(33-14-7-10-17-38(33)50-39)41(36)32-19-18-31(26-37(32)48)49-30-13-11-12-29(25-30)46-27-47(44(4,5)6)35-16-9-8-15-34(35)46;/h7-24,27H,1-6H3;/q-3;. The summed E-state index contributed by atoms with van der Waals surface area (Å²) in [6, 6.07) is 42.5. The molecule has 8 aromatic rings. The molecule has 0 bridgehead atoms. The summed E-state index contributed by atoms with van der Waals surface area (Å²) in [6.45, 7) is 15.5. The molecular weight excluding hydrogens is 812 g/mol. The van der Waals surface area contributed by atoms with Gasteiger partial charge in [0.15, 0.2) is 0 Å². The molecule has 5 aromatic carbocycles. The van der Waals surface area contributed by atoms with Crippen LogP contribution in [0.4, 0.5) is 17.1 Å². The molecule has 1 aliphatic rings. The molecule has 0 N–H and O–H groups in total. The fourth-order valence-corrected chi connectivity index (χ4v) is 7.12. The Balaban J connectivity index is 0.00000374. The summed E-state index contributed by atoms with van der Waals surface area (Å²) in [5.41, 5.74) is 7.88. The van der Waals surface area contributed by atoms with Crippen LogP contribution in [-0.4, -0.2) is 15.1 Å². The van der Waals surface area contributed by atoms with Gasteiger partial charge in [0.05, 0.1) is 0 Å². The van der Waals surface area contributed by atoms with Crippen molar-refractivity contribution in [3.05, 3.63) is 134 Å². The Kier molecular flexibility index (Phi) is 7.81. The van der Waals surface area contributed by atoms with Crippen molar-refractivity contribution in [2.45, 2.75) is 52.5 Å². The van der Waals surface area contributed by atoms with Gasteiger partial charge in [0.25, 0.3) is 0 Å². The molecule has 0 spiro atoms. The predicted molar refractivity (Wildman–Crippen MR) is 204 cm³/mol. The van der Waals surface area contributed by atoms with Crippen LogP contribution in [0.1, 0.15) is 47.1 Å². The third-order valence-electron chi connectivity index (χ3n) is 9.58. The van der Waals surface area contributed by atoms with Crippen molar-refractivity contribution in [2.75, 3.05) is 9.80 Å². The number of rotatable bonds is 4. The van der Waals surface area contributed by atoms with Crippen LogP contribution in [-0.2, 0) is 26.5 Å². The number of hydrogen-bond acceptors (Lipinski definition) is 5. The first kappa shape index (κ1) is 33.1. The number of nitrogens with zero attached hydrogens (tertiary/aromatic N) is 4. The Hall–Kier alpha value is -5.06. The SMILES string of the molecule is CC(C)(C)c1ccnc(-n2c3[c-]c(Oc4[c-]c(N5[CH-]N(C(C)(C)C)c6ccccc65)ccc4)ccc3c3c4c(ccc32)oc2ccccc24)c1.[Pt]. The summed E-state index contributed by atoms with van der Waals surface area (Å²) in [5, 5.41) is 4.33. The number of benzene rings is 5. The van der Waals surface area contributed by atoms with E-state index in [2.05, 4.69) is 148 Å². The quantitative estimate of drug-likeness (QED) is 0.165. The Morgan fingerprint density at radius 1 is 0.706 bits per heavy atom. The maximum Gasteiger partial charge on any atom is 0.135 e. The summed E-state index contributed by atoms with van der Waals surface area (Å²) in [4.78, 5) is 9.37. The van der Waals surface area contributed by atoms with Crippen molar-refractivity contribution in [1.29, 1.82) is 0 Å². The number of ether oxygens (including phenoxy) is 1. The second-order valence-electron chi connectivity index (χ2n) is 15.0. The first-order chi connectivity index (χ1) is 24.0. The van der Waals surface area contributed by atoms with Gasteiger partial charge in [-0.2, -0.15) is 18.8 Å². The molecular formula is C44H37N4O2Pt-3. The fraction of sp³-hybridized carbons (Fsp3) is 0.182. The number of furan rings is 1. The Bertz CT molecular complexity index is 2610. The monoisotopic (exact) mass is 848 g/mol. The topological polar surface area (TPSA) is 46.7 Å². The van der Waals surface area contributed by atoms with E-state index in [9.17, 15) is 0 Å². The molecule has 7 heteroatoms. The van der Waals surface area contributed by atoms with Crippen molar-refractivity contribution in [2.24, 2.45) is 0 Å². The zero-order valence-electron chi connectivity index (χ0n) is 29.4. The number of pyridine rings is 1. The molecule has 51 heavy (non-hydrogen) atoms. The van der Waals surface area contributed by atoms with Crippen LogP contribution >= 0.6 is 0 Å². The number of fused-ring (bicyclic) bond motifs is 8. The van der Waals surface area contributed by atoms with E-state index in [1.807, 2.05) is 36.5 Å². The summed E-state index contributed by atoms with van der Waals surface area (Å²) < 4.78 is 15.1. The van der Waals surface area contributed by atoms with Gasteiger partial charge in [-0.15, -0.1) is 41.4 Å². The molecule has 0 radical (unpaired) electrons. The molecule has 258 valence electrons. The molecule has 6 nitrogen and oxygen atoms in total. The maximum absolute atomic E-state index is 6.56. The van der Waals surface area contributed by atoms with Gasteiger partial charge in [-0.1, -0.05) is 56.6 Å². The van der Waals surface area contributed by atoms with Gasteiger partial charge >= 0.3 is 0 Å². The smallest absolute Gasteiger partial charge is 0.135 e. The van der Waals surface area contributed by atoms with Crippen LogP contribution in [0.5, 0.6) is 11.5 Å². The number of hydrogen-bond donors (Lipinski definition) is 0. The zero-order valence-corrected chi connectivity index (χ0v) is 31.7. The molecule has 0 unspecified atom stereocenters. The molecule has 4 heterocycles. The van der Waals surface area contributed by atoms with Gasteiger partial charge in [-0.3, -0.25) is 0 Å². The molecule has 1 aliphatic heterocycles. The van der Waals surface area contributed by atoms with Crippen LogP contribution in [0.3, 0.4) is 0 Å². The van der Waals surface area contributed by atoms with E-state index in [-0.39, 0.29) is 32.0 Å². The van der Waals surface area contributed by atoms with E-state index in [4.69, 9.17) is 14.1 Å². The largest absolute Gasteiger partial charge is 0.509 e. The van der Waals surface area contributed by atoms with E-state index in [0.29, 0.717) is 11.5 Å². The van der Waals surface area contributed by atoms with E-state index >= 15 is 0 Å². The van der Waals surface area contributed by atoms with E-state index in [0.717, 1.165) is 66.6 Å². The van der Waals surface area contributed by atoms with Crippen LogP contribution in [0.25, 0.3) is 49.6 Å². The van der Waals surface area contributed by atoms with Crippen molar-refractivity contribution in [1.82, 2.24) is 9.55 Å². The summed E-state index contributed by atoms with van der Waals surface area (Å²) in [6.07, 6.45) is 1.90. The van der Waals surface area contributed by atoms with Crippen LogP contribution in [0.2, 0.25) is 0 Å². The van der Waals surface area contributed by atoms with Gasteiger partial charge in [0, 0.05) is 72.0 Å². The second-order valence-corrected chi connectivity index (χ2v) is 15.0. The van der Waals surface area contributed by atoms with Crippen molar-refractivity contribution >= 4 is 60.8 Å². The van der Waals surface area contributed by atoms with Gasteiger partial charge in [-0.05, 0) is 79.6 Å². The molecule has 0 fully saturated rings. The normalized spacial score (nSPS) is 13.4. The average Bonchev–Trinajstić information content (AvgIpc) is 3.77. The zero-order chi connectivity index (χ0) is 34.4. The minimum Gasteiger partial charge on any atom is -0.509 e. The Labute approximate surface area is 312 Å². The van der Waals surface area contributed by atoms with Gasteiger partial charge in [0.2, 0.25) is 0 Å². The maximum atomic E-state index is 6.56. The first-order valence-corrected chi connectivity index (χ1v) is 17.0. The van der Waals surface area contributed by atoms with Gasteiger partial charge in [-0.25, -0.2) is 4.98 Å². The first-order valence-electron chi connectivity index (χ1n) is 17.0. The molecule has 0 amide bonds. The molecule has 0 saturated carbocycles. The molecule has 0 aliphatic carbocycles. The van der Waals surface area contributed by atoms with Crippen molar-refractivity contribution in [3.8, 4) is 17.3 Å². The van der Waals surface area contributed by atoms with Crippen LogP contribution in [0, 0.1) is 18.8 Å². The minimum atomic E-state index is -0.0859. The van der Waals surface area contributed by atoms with E-state index in [1.54, 1.807) is 0 Å². The third kappa shape index (κ3) is 5.48. The Morgan fingerprint density at radius 2 is 1.47 bits per heavy atom. The van der Waals surface area contributed by atoms with Crippen molar-refractivity contribution < 1.29 is 30.2 Å². The van der Waals surface area contributed by atoms with E-state index in [1.165, 1.54) is 5.56 Å². The average molecular weight is 849 g/mol. The number of para-hydroxylation sites is 3. The van der Waals surface area contributed by atoms with Crippen molar-refractivity contribution in [3.63, 3.8) is 0 Å². The van der Waals surface area contributed by atoms with Gasteiger partial charge in [0.1, 0.15) is 17.0 Å². The second kappa shape index (κ2) is 12.0. The van der Waals surface area contributed by atoms with Crippen LogP contribution < -0.4 is 14.5 Å². The summed E-state index contributed by atoms with van der Waals surface area (Å²) in [7, 11) is 0. The number of aromatic nitrogens is 2. The molecule has 3 aromatic heterocycles. The summed E-state index contributed by atoms with van der Waals surface area (Å²) in [5.74, 6) is 2.03. The Morgan fingerprint density at radius 3 is 2.27 bits per heavy atom. The fourth-order valence-electron chi connectivity index (χ4n) is 7.12.